The molecule has 1 atom stereocenters. The van der Waals surface area contributed by atoms with E-state index in [-0.39, 0.29) is 0 Å². The number of hydrogen-bond acceptors (Lipinski definition) is 2. The quantitative estimate of drug-likeness (QED) is 0.691. The highest BCUT2D eigenvalue weighted by Gasteiger charge is 2.07. The third kappa shape index (κ3) is 1.87. The fourth-order valence-electron chi connectivity index (χ4n) is 2.10. The third-order valence-corrected chi connectivity index (χ3v) is 3.55. The van der Waals surface area contributed by atoms with Gasteiger partial charge in [-0.15, -0.1) is 0 Å². The van der Waals surface area contributed by atoms with Crippen LogP contribution in [0.25, 0.3) is 21.9 Å². The van der Waals surface area contributed by atoms with Crippen molar-refractivity contribution in [2.24, 2.45) is 0 Å². The van der Waals surface area contributed by atoms with Gasteiger partial charge in [-0.3, -0.25) is 4.21 Å². The molecular formula is C14H12O2S. The van der Waals surface area contributed by atoms with Gasteiger partial charge in [-0.05, 0) is 23.8 Å². The van der Waals surface area contributed by atoms with Gasteiger partial charge in [0.2, 0.25) is 0 Å². The van der Waals surface area contributed by atoms with Gasteiger partial charge in [0.25, 0.3) is 0 Å². The molecule has 0 radical (unpaired) electrons. The van der Waals surface area contributed by atoms with Gasteiger partial charge in [0, 0.05) is 33.6 Å². The Kier molecular flexibility index (Phi) is 2.48. The molecule has 2 nitrogen and oxygen atoms in total. The first kappa shape index (κ1) is 10.5. The molecule has 0 spiro atoms. The lowest BCUT2D eigenvalue weighted by Crippen LogP contribution is -1.91. The molecule has 0 saturated heterocycles. The van der Waals surface area contributed by atoms with Crippen molar-refractivity contribution < 1.29 is 8.63 Å². The Hall–Kier alpha value is -1.61. The van der Waals surface area contributed by atoms with Gasteiger partial charge in [-0.25, -0.2) is 0 Å². The van der Waals surface area contributed by atoms with Crippen molar-refractivity contribution in [1.82, 2.24) is 0 Å². The van der Waals surface area contributed by atoms with Crippen LogP contribution in [0.15, 0.2) is 46.9 Å². The highest BCUT2D eigenvalue weighted by atomic mass is 32.2. The van der Waals surface area contributed by atoms with Crippen molar-refractivity contribution in [2.45, 2.75) is 5.75 Å². The zero-order chi connectivity index (χ0) is 11.8. The zero-order valence-electron chi connectivity index (χ0n) is 9.47. The molecule has 0 saturated carbocycles. The van der Waals surface area contributed by atoms with Gasteiger partial charge in [0.1, 0.15) is 11.2 Å². The number of hydrogen-bond donors (Lipinski definition) is 0. The average Bonchev–Trinajstić information content (AvgIpc) is 2.66. The van der Waals surface area contributed by atoms with E-state index in [1.165, 1.54) is 0 Å². The van der Waals surface area contributed by atoms with E-state index in [0.717, 1.165) is 27.5 Å². The molecule has 1 aromatic heterocycles. The lowest BCUT2D eigenvalue weighted by atomic mass is 10.1. The molecule has 0 aliphatic carbocycles. The van der Waals surface area contributed by atoms with Crippen LogP contribution in [0.3, 0.4) is 0 Å². The van der Waals surface area contributed by atoms with E-state index < -0.39 is 10.8 Å². The predicted molar refractivity (Wildman–Crippen MR) is 71.5 cm³/mol. The van der Waals surface area contributed by atoms with Crippen LogP contribution < -0.4 is 0 Å². The van der Waals surface area contributed by atoms with Crippen molar-refractivity contribution >= 4 is 32.7 Å². The van der Waals surface area contributed by atoms with Crippen LogP contribution in [0.1, 0.15) is 5.56 Å². The smallest absolute Gasteiger partial charge is 0.135 e. The van der Waals surface area contributed by atoms with E-state index >= 15 is 0 Å². The maximum Gasteiger partial charge on any atom is 0.135 e. The summed E-state index contributed by atoms with van der Waals surface area (Å²) in [6.45, 7) is 0. The summed E-state index contributed by atoms with van der Waals surface area (Å²) in [6, 6.07) is 14.0. The summed E-state index contributed by atoms with van der Waals surface area (Å²) in [7, 11) is -0.812. The monoisotopic (exact) mass is 244 g/mol. The van der Waals surface area contributed by atoms with Gasteiger partial charge in [-0.1, -0.05) is 24.3 Å². The fraction of sp³-hybridized carbons (Fsp3) is 0.143. The molecule has 3 aromatic rings. The lowest BCUT2D eigenvalue weighted by Gasteiger charge is -1.97. The van der Waals surface area contributed by atoms with Gasteiger partial charge >= 0.3 is 0 Å². The maximum atomic E-state index is 11.2. The Morgan fingerprint density at radius 1 is 1.06 bits per heavy atom. The molecule has 0 aliphatic rings. The first-order chi connectivity index (χ1) is 8.24. The Labute approximate surface area is 102 Å². The number of fused-ring (bicyclic) bond motifs is 3. The van der Waals surface area contributed by atoms with Crippen LogP contribution in [0.5, 0.6) is 0 Å². The average molecular weight is 244 g/mol. The predicted octanol–water partition coefficient (Wildman–Crippen LogP) is 3.46. The molecule has 0 aliphatic heterocycles. The highest BCUT2D eigenvalue weighted by Crippen LogP contribution is 2.29. The van der Waals surface area contributed by atoms with Gasteiger partial charge in [0.15, 0.2) is 0 Å². The molecule has 0 unspecified atom stereocenters. The fourth-order valence-corrected chi connectivity index (χ4v) is 2.75. The molecule has 3 heteroatoms. The summed E-state index contributed by atoms with van der Waals surface area (Å²) in [5.41, 5.74) is 2.87. The molecule has 0 amide bonds. The number of benzene rings is 2. The second kappa shape index (κ2) is 4.00. The Morgan fingerprint density at radius 3 is 2.65 bits per heavy atom. The first-order valence-electron chi connectivity index (χ1n) is 5.44. The standard InChI is InChI=1S/C14H12O2S/c1-17(15)9-10-6-7-14-12(8-10)11-4-2-3-5-13(11)16-14/h2-8H,9H2,1H3/t17-/m0/s1. The largest absolute Gasteiger partial charge is 0.456 e. The minimum Gasteiger partial charge on any atom is -0.456 e. The minimum absolute atomic E-state index is 0.593. The van der Waals surface area contributed by atoms with Crippen LogP contribution in [0.2, 0.25) is 0 Å². The second-order valence-corrected chi connectivity index (χ2v) is 5.58. The van der Waals surface area contributed by atoms with Crippen LogP contribution in [0.4, 0.5) is 0 Å². The molecule has 86 valence electrons. The van der Waals surface area contributed by atoms with E-state index in [9.17, 15) is 4.21 Å². The Balaban J connectivity index is 2.26. The second-order valence-electron chi connectivity index (χ2n) is 4.15. The number of rotatable bonds is 2. The maximum absolute atomic E-state index is 11.2. The van der Waals surface area contributed by atoms with Crippen molar-refractivity contribution in [3.8, 4) is 0 Å². The van der Waals surface area contributed by atoms with Gasteiger partial charge in [0.05, 0.1) is 0 Å². The number of furan rings is 1. The normalized spacial score (nSPS) is 13.2. The van der Waals surface area contributed by atoms with Crippen molar-refractivity contribution in [3.63, 3.8) is 0 Å². The summed E-state index contributed by atoms with van der Waals surface area (Å²) >= 11 is 0. The van der Waals surface area contributed by atoms with E-state index in [4.69, 9.17) is 4.42 Å². The summed E-state index contributed by atoms with van der Waals surface area (Å²) in [4.78, 5) is 0. The summed E-state index contributed by atoms with van der Waals surface area (Å²) in [5, 5.41) is 2.22. The minimum atomic E-state index is -0.812. The van der Waals surface area contributed by atoms with Crippen LogP contribution >= 0.6 is 0 Å². The number of para-hydroxylation sites is 1. The van der Waals surface area contributed by atoms with Crippen LogP contribution in [0, 0.1) is 0 Å². The van der Waals surface area contributed by atoms with Crippen molar-refractivity contribution in [3.05, 3.63) is 48.0 Å². The summed E-state index contributed by atoms with van der Waals surface area (Å²) in [5.74, 6) is 0.593. The molecule has 2 aromatic carbocycles. The zero-order valence-corrected chi connectivity index (χ0v) is 10.3. The molecule has 0 bridgehead atoms. The third-order valence-electron chi connectivity index (χ3n) is 2.81. The van der Waals surface area contributed by atoms with Gasteiger partial charge < -0.3 is 4.42 Å². The van der Waals surface area contributed by atoms with E-state index in [2.05, 4.69) is 6.07 Å². The molecule has 0 fully saturated rings. The van der Waals surface area contributed by atoms with E-state index in [1.54, 1.807) is 6.26 Å². The molecule has 1 heterocycles. The Bertz CT molecular complexity index is 712. The van der Waals surface area contributed by atoms with E-state index in [1.807, 2.05) is 36.4 Å². The van der Waals surface area contributed by atoms with Crippen LogP contribution in [-0.2, 0) is 16.6 Å². The topological polar surface area (TPSA) is 30.2 Å². The SMILES string of the molecule is C[S@](=O)Cc1ccc2oc3ccccc3c2c1. The van der Waals surface area contributed by atoms with E-state index in [0.29, 0.717) is 5.75 Å². The van der Waals surface area contributed by atoms with Crippen molar-refractivity contribution in [1.29, 1.82) is 0 Å². The molecule has 3 rings (SSSR count). The summed E-state index contributed by atoms with van der Waals surface area (Å²) < 4.78 is 17.0. The first-order valence-corrected chi connectivity index (χ1v) is 7.17. The lowest BCUT2D eigenvalue weighted by molar-refractivity contribution is 0.668. The summed E-state index contributed by atoms with van der Waals surface area (Å²) in [6.07, 6.45) is 1.72. The molecular weight excluding hydrogens is 232 g/mol. The molecule has 0 N–H and O–H groups in total. The molecule has 17 heavy (non-hydrogen) atoms. The Morgan fingerprint density at radius 2 is 1.82 bits per heavy atom. The van der Waals surface area contributed by atoms with Crippen molar-refractivity contribution in [2.75, 3.05) is 6.26 Å². The van der Waals surface area contributed by atoms with Crippen LogP contribution in [-0.4, -0.2) is 10.5 Å². The van der Waals surface area contributed by atoms with Gasteiger partial charge in [-0.2, -0.15) is 0 Å². The highest BCUT2D eigenvalue weighted by molar-refractivity contribution is 7.83.